The Bertz CT molecular complexity index is 1030. The maximum Gasteiger partial charge on any atom is 0.216 e. The molecule has 3 rings (SSSR count). The first-order chi connectivity index (χ1) is 13.9. The van der Waals surface area contributed by atoms with Gasteiger partial charge in [0.25, 0.3) is 0 Å². The van der Waals surface area contributed by atoms with E-state index in [-0.39, 0.29) is 11.7 Å². The first-order valence-electron chi connectivity index (χ1n) is 9.80. The molecule has 29 heavy (non-hydrogen) atoms. The molecule has 0 fully saturated rings. The number of carbonyl (C=O) groups is 2. The number of amides is 1. The van der Waals surface area contributed by atoms with Crippen LogP contribution in [0, 0.1) is 13.8 Å². The van der Waals surface area contributed by atoms with E-state index in [9.17, 15) is 9.59 Å². The summed E-state index contributed by atoms with van der Waals surface area (Å²) in [5.41, 5.74) is 5.22. The summed E-state index contributed by atoms with van der Waals surface area (Å²) in [6.45, 7) is 6.34. The average Bonchev–Trinajstić information content (AvgIpc) is 2.70. The number of para-hydroxylation sites is 1. The first-order valence-corrected chi connectivity index (χ1v) is 10.8. The molecule has 1 amide bonds. The third-order valence-corrected chi connectivity index (χ3v) is 5.78. The van der Waals surface area contributed by atoms with Gasteiger partial charge in [0.05, 0.1) is 16.3 Å². The van der Waals surface area contributed by atoms with Crippen LogP contribution in [0.5, 0.6) is 0 Å². The number of carbonyl (C=O) groups excluding carboxylic acids is 2. The highest BCUT2D eigenvalue weighted by molar-refractivity contribution is 7.99. The van der Waals surface area contributed by atoms with E-state index in [1.54, 1.807) is 0 Å². The number of ketones is 1. The summed E-state index contributed by atoms with van der Waals surface area (Å²) in [6.07, 6.45) is 1.76. The molecule has 0 atom stereocenters. The molecule has 0 radical (unpaired) electrons. The normalized spacial score (nSPS) is 10.9. The molecule has 0 spiro atoms. The van der Waals surface area contributed by atoms with Crippen molar-refractivity contribution >= 4 is 34.4 Å². The van der Waals surface area contributed by atoms with Crippen molar-refractivity contribution in [1.82, 2.24) is 10.3 Å². The Hall–Kier alpha value is -2.66. The molecule has 0 saturated carbocycles. The summed E-state index contributed by atoms with van der Waals surface area (Å²) in [6, 6.07) is 16.0. The van der Waals surface area contributed by atoms with E-state index >= 15 is 0 Å². The van der Waals surface area contributed by atoms with Crippen molar-refractivity contribution in [2.75, 3.05) is 12.3 Å². The molecule has 0 aliphatic carbocycles. The molecule has 0 saturated heterocycles. The van der Waals surface area contributed by atoms with Gasteiger partial charge in [0, 0.05) is 24.4 Å². The molecule has 0 aliphatic heterocycles. The van der Waals surface area contributed by atoms with Gasteiger partial charge in [-0.25, -0.2) is 4.98 Å². The predicted molar refractivity (Wildman–Crippen MR) is 120 cm³/mol. The third-order valence-electron chi connectivity index (χ3n) is 4.87. The van der Waals surface area contributed by atoms with Gasteiger partial charge in [-0.05, 0) is 49.4 Å². The summed E-state index contributed by atoms with van der Waals surface area (Å²) in [4.78, 5) is 28.2. The molecule has 4 nitrogen and oxygen atoms in total. The standard InChI is InChI=1S/C24H26N2O2S/c1-16-6-4-8-21-17(2)14-23(26-24(16)21)29-15-22(28)20-11-9-19(10-12-20)7-5-13-25-18(3)27/h4,6,8-12,14H,5,7,13,15H2,1-3H3,(H,25,27). The van der Waals surface area contributed by atoms with Crippen LogP contribution in [0.15, 0.2) is 53.6 Å². The number of nitrogens with one attached hydrogen (secondary N) is 1. The van der Waals surface area contributed by atoms with Gasteiger partial charge in [0.2, 0.25) is 5.91 Å². The van der Waals surface area contributed by atoms with Crippen molar-refractivity contribution in [2.45, 2.75) is 38.6 Å². The lowest BCUT2D eigenvalue weighted by Gasteiger charge is -2.08. The van der Waals surface area contributed by atoms with Gasteiger partial charge in [-0.3, -0.25) is 9.59 Å². The van der Waals surface area contributed by atoms with E-state index in [0.717, 1.165) is 39.9 Å². The van der Waals surface area contributed by atoms with Crippen LogP contribution in [0.25, 0.3) is 10.9 Å². The fourth-order valence-corrected chi connectivity index (χ4v) is 4.10. The minimum Gasteiger partial charge on any atom is -0.356 e. The van der Waals surface area contributed by atoms with Crippen LogP contribution in [0.1, 0.15) is 40.4 Å². The fraction of sp³-hybridized carbons (Fsp3) is 0.292. The number of aromatic nitrogens is 1. The summed E-state index contributed by atoms with van der Waals surface area (Å²) in [5, 5.41) is 4.84. The predicted octanol–water partition coefficient (Wildman–Crippen LogP) is 4.90. The molecular weight excluding hydrogens is 380 g/mol. The van der Waals surface area contributed by atoms with Gasteiger partial charge >= 0.3 is 0 Å². The second kappa shape index (κ2) is 9.70. The third kappa shape index (κ3) is 5.67. The topological polar surface area (TPSA) is 59.1 Å². The van der Waals surface area contributed by atoms with Crippen LogP contribution < -0.4 is 5.32 Å². The van der Waals surface area contributed by atoms with Crippen molar-refractivity contribution in [3.8, 4) is 0 Å². The number of fused-ring (bicyclic) bond motifs is 1. The Kier molecular flexibility index (Phi) is 7.04. The maximum absolute atomic E-state index is 12.6. The summed E-state index contributed by atoms with van der Waals surface area (Å²) in [7, 11) is 0. The van der Waals surface area contributed by atoms with Crippen LogP contribution in [0.4, 0.5) is 0 Å². The number of Topliss-reactive ketones (excluding diaryl/α,β-unsaturated/α-hetero) is 1. The van der Waals surface area contributed by atoms with Gasteiger partial charge in [0.1, 0.15) is 0 Å². The maximum atomic E-state index is 12.6. The van der Waals surface area contributed by atoms with Gasteiger partial charge < -0.3 is 5.32 Å². The Morgan fingerprint density at radius 3 is 2.52 bits per heavy atom. The molecule has 1 aromatic heterocycles. The van der Waals surface area contributed by atoms with Crippen molar-refractivity contribution in [1.29, 1.82) is 0 Å². The first kappa shape index (κ1) is 21.1. The number of thioether (sulfide) groups is 1. The van der Waals surface area contributed by atoms with Gasteiger partial charge in [0.15, 0.2) is 5.78 Å². The van der Waals surface area contributed by atoms with Gasteiger partial charge in [-0.2, -0.15) is 0 Å². The van der Waals surface area contributed by atoms with Crippen molar-refractivity contribution in [3.63, 3.8) is 0 Å². The Labute approximate surface area is 176 Å². The SMILES string of the molecule is CC(=O)NCCCc1ccc(C(=O)CSc2cc(C)c3cccc(C)c3n2)cc1. The van der Waals surface area contributed by atoms with Crippen molar-refractivity contribution < 1.29 is 9.59 Å². The Balaban J connectivity index is 1.59. The number of hydrogen-bond donors (Lipinski definition) is 1. The lowest BCUT2D eigenvalue weighted by molar-refractivity contribution is -0.118. The second-order valence-electron chi connectivity index (χ2n) is 7.24. The van der Waals surface area contributed by atoms with Crippen LogP contribution in [0.2, 0.25) is 0 Å². The summed E-state index contributed by atoms with van der Waals surface area (Å²) < 4.78 is 0. The highest BCUT2D eigenvalue weighted by atomic mass is 32.2. The number of benzene rings is 2. The minimum absolute atomic E-state index is 0.00491. The largest absolute Gasteiger partial charge is 0.356 e. The van der Waals surface area contributed by atoms with E-state index in [4.69, 9.17) is 4.98 Å². The Morgan fingerprint density at radius 1 is 1.03 bits per heavy atom. The molecular formula is C24H26N2O2S. The molecule has 0 bridgehead atoms. The van der Waals surface area contributed by atoms with E-state index < -0.39 is 0 Å². The number of pyridine rings is 1. The van der Waals surface area contributed by atoms with Crippen LogP contribution >= 0.6 is 11.8 Å². The number of hydrogen-bond acceptors (Lipinski definition) is 4. The molecule has 0 aliphatic rings. The molecule has 0 unspecified atom stereocenters. The Morgan fingerprint density at radius 2 is 1.79 bits per heavy atom. The van der Waals surface area contributed by atoms with E-state index in [1.165, 1.54) is 29.8 Å². The molecule has 1 heterocycles. The summed E-state index contributed by atoms with van der Waals surface area (Å²) in [5.74, 6) is 0.463. The molecule has 150 valence electrons. The van der Waals surface area contributed by atoms with Gasteiger partial charge in [-0.1, -0.05) is 54.2 Å². The van der Waals surface area contributed by atoms with Crippen LogP contribution in [-0.4, -0.2) is 29.0 Å². The number of nitrogens with zero attached hydrogens (tertiary/aromatic N) is 1. The summed E-state index contributed by atoms with van der Waals surface area (Å²) >= 11 is 1.48. The monoisotopic (exact) mass is 406 g/mol. The van der Waals surface area contributed by atoms with E-state index in [0.29, 0.717) is 12.3 Å². The highest BCUT2D eigenvalue weighted by Gasteiger charge is 2.10. The smallest absolute Gasteiger partial charge is 0.216 e. The fourth-order valence-electron chi connectivity index (χ4n) is 3.24. The zero-order valence-corrected chi connectivity index (χ0v) is 17.9. The number of rotatable bonds is 8. The van der Waals surface area contributed by atoms with E-state index in [1.807, 2.05) is 30.3 Å². The minimum atomic E-state index is -0.00491. The lowest BCUT2D eigenvalue weighted by atomic mass is 10.1. The van der Waals surface area contributed by atoms with Gasteiger partial charge in [-0.15, -0.1) is 0 Å². The van der Waals surface area contributed by atoms with Crippen LogP contribution in [-0.2, 0) is 11.2 Å². The number of aryl methyl sites for hydroxylation is 3. The molecule has 5 heteroatoms. The molecule has 2 aromatic carbocycles. The zero-order valence-electron chi connectivity index (χ0n) is 17.1. The molecule has 3 aromatic rings. The lowest BCUT2D eigenvalue weighted by Crippen LogP contribution is -2.21. The zero-order chi connectivity index (χ0) is 20.8. The highest BCUT2D eigenvalue weighted by Crippen LogP contribution is 2.26. The molecule has 1 N–H and O–H groups in total. The van der Waals surface area contributed by atoms with Crippen molar-refractivity contribution in [2.24, 2.45) is 0 Å². The van der Waals surface area contributed by atoms with E-state index in [2.05, 4.69) is 37.4 Å². The second-order valence-corrected chi connectivity index (χ2v) is 8.24. The quantitative estimate of drug-likeness (QED) is 0.329. The average molecular weight is 407 g/mol. The van der Waals surface area contributed by atoms with Crippen LogP contribution in [0.3, 0.4) is 0 Å². The van der Waals surface area contributed by atoms with Crippen molar-refractivity contribution in [3.05, 3.63) is 70.8 Å².